The van der Waals surface area contributed by atoms with Gasteiger partial charge in [0.05, 0.1) is 47.2 Å². The van der Waals surface area contributed by atoms with Crippen molar-refractivity contribution in [2.75, 3.05) is 38.3 Å². The van der Waals surface area contributed by atoms with Crippen LogP contribution in [0.2, 0.25) is 10.0 Å². The number of halogens is 2. The van der Waals surface area contributed by atoms with Crippen LogP contribution in [0.3, 0.4) is 0 Å². The predicted octanol–water partition coefficient (Wildman–Crippen LogP) is 2.56. The summed E-state index contributed by atoms with van der Waals surface area (Å²) < 4.78 is 10.4. The lowest BCUT2D eigenvalue weighted by atomic mass is 10.0. The Morgan fingerprint density at radius 1 is 1.07 bits per heavy atom. The van der Waals surface area contributed by atoms with Gasteiger partial charge in [0.1, 0.15) is 12.4 Å². The monoisotopic (exact) mass is 628 g/mol. The highest BCUT2D eigenvalue weighted by Crippen LogP contribution is 2.35. The normalized spacial score (nSPS) is 13.5. The standard InChI is InChI=1S/C29H30Cl2N6O6/c1-42-27(40)29(41,36-26(39)25-20(30)13-18(14-21(25)31)17-5-3-2-4-6-17)16-34-24(38)9-10-37-11-12-43-23-8-7-19(15-22(23)37)35-28(32)33/h2-8,13-15,41H,9-12,16H2,1H3,(H,34,38)(H,36,39)(H4,32,33,35). The summed E-state index contributed by atoms with van der Waals surface area (Å²) >= 11 is 12.8. The van der Waals surface area contributed by atoms with Gasteiger partial charge in [-0.3, -0.25) is 9.59 Å². The number of carbonyl (C=O) groups is 3. The molecule has 4 rings (SSSR count). The summed E-state index contributed by atoms with van der Waals surface area (Å²) in [5, 5.41) is 15.7. The molecular formula is C29H30Cl2N6O6. The third kappa shape index (κ3) is 7.66. The molecule has 0 saturated heterocycles. The number of esters is 1. The number of methoxy groups -OCH3 is 1. The number of fused-ring (bicyclic) bond motifs is 1. The van der Waals surface area contributed by atoms with Crippen LogP contribution in [0.4, 0.5) is 11.4 Å². The molecule has 0 saturated carbocycles. The van der Waals surface area contributed by atoms with Crippen molar-refractivity contribution in [2.24, 2.45) is 16.5 Å². The zero-order valence-electron chi connectivity index (χ0n) is 23.1. The molecule has 43 heavy (non-hydrogen) atoms. The average Bonchev–Trinajstić information content (AvgIpc) is 2.98. The Hall–Kier alpha value is -4.52. The van der Waals surface area contributed by atoms with Crippen molar-refractivity contribution in [1.82, 2.24) is 10.6 Å². The number of benzene rings is 3. The molecule has 3 aromatic rings. The molecule has 0 aromatic heterocycles. The molecule has 2 amide bonds. The Labute approximate surface area is 257 Å². The lowest BCUT2D eigenvalue weighted by Gasteiger charge is -2.31. The highest BCUT2D eigenvalue weighted by atomic mass is 35.5. The van der Waals surface area contributed by atoms with E-state index < -0.39 is 30.1 Å². The van der Waals surface area contributed by atoms with E-state index in [4.69, 9.17) is 39.4 Å². The highest BCUT2D eigenvalue weighted by molar-refractivity contribution is 6.40. The second-order valence-corrected chi connectivity index (χ2v) is 10.4. The summed E-state index contributed by atoms with van der Waals surface area (Å²) in [5.41, 5.74) is 10.9. The maximum absolute atomic E-state index is 13.2. The quantitative estimate of drug-likeness (QED) is 0.0975. The van der Waals surface area contributed by atoms with Crippen LogP contribution in [-0.2, 0) is 14.3 Å². The van der Waals surface area contributed by atoms with Gasteiger partial charge >= 0.3 is 5.97 Å². The van der Waals surface area contributed by atoms with Crippen LogP contribution in [-0.4, -0.2) is 67.9 Å². The van der Waals surface area contributed by atoms with Gasteiger partial charge in [-0.05, 0) is 41.5 Å². The Balaban J connectivity index is 1.42. The average molecular weight is 630 g/mol. The van der Waals surface area contributed by atoms with E-state index in [1.165, 1.54) is 0 Å². The summed E-state index contributed by atoms with van der Waals surface area (Å²) in [5.74, 6) is -2.14. The van der Waals surface area contributed by atoms with Gasteiger partial charge in [0.25, 0.3) is 11.6 Å². The molecule has 0 bridgehead atoms. The van der Waals surface area contributed by atoms with Crippen molar-refractivity contribution < 1.29 is 29.0 Å². The first-order chi connectivity index (χ1) is 20.5. The molecule has 0 radical (unpaired) electrons. The number of aliphatic hydroxyl groups is 1. The second-order valence-electron chi connectivity index (χ2n) is 9.54. The zero-order valence-corrected chi connectivity index (χ0v) is 24.6. The number of guanidine groups is 1. The molecule has 1 heterocycles. The molecule has 0 aliphatic carbocycles. The SMILES string of the molecule is COC(=O)C(O)(CNC(=O)CCN1CCOc2ccc(N=C(N)N)cc21)NC(=O)c1c(Cl)cc(-c2ccccc2)cc1Cl. The van der Waals surface area contributed by atoms with Crippen LogP contribution in [0.5, 0.6) is 5.75 Å². The summed E-state index contributed by atoms with van der Waals surface area (Å²) in [6, 6.07) is 17.5. The third-order valence-electron chi connectivity index (χ3n) is 6.53. The van der Waals surface area contributed by atoms with Gasteiger partial charge in [-0.1, -0.05) is 53.5 Å². The summed E-state index contributed by atoms with van der Waals surface area (Å²) in [7, 11) is 1.03. The van der Waals surface area contributed by atoms with E-state index >= 15 is 0 Å². The van der Waals surface area contributed by atoms with Crippen molar-refractivity contribution in [1.29, 1.82) is 0 Å². The summed E-state index contributed by atoms with van der Waals surface area (Å²) in [6.45, 7) is 0.492. The molecule has 226 valence electrons. The summed E-state index contributed by atoms with van der Waals surface area (Å²) in [6.07, 6.45) is -0.0181. The van der Waals surface area contributed by atoms with E-state index in [1.807, 2.05) is 35.2 Å². The number of carbonyl (C=O) groups excluding carboxylic acids is 3. The minimum atomic E-state index is -2.62. The molecule has 12 nitrogen and oxygen atoms in total. The first-order valence-corrected chi connectivity index (χ1v) is 13.8. The third-order valence-corrected chi connectivity index (χ3v) is 7.13. The molecule has 3 aromatic carbocycles. The maximum Gasteiger partial charge on any atom is 0.361 e. The number of nitrogens with one attached hydrogen (secondary N) is 2. The smallest absolute Gasteiger partial charge is 0.361 e. The molecule has 1 atom stereocenters. The number of ether oxygens (including phenoxy) is 2. The lowest BCUT2D eigenvalue weighted by Crippen LogP contribution is -2.61. The number of nitrogens with two attached hydrogens (primary N) is 2. The van der Waals surface area contributed by atoms with E-state index in [9.17, 15) is 19.5 Å². The Morgan fingerprint density at radius 3 is 2.42 bits per heavy atom. The Morgan fingerprint density at radius 2 is 1.77 bits per heavy atom. The molecule has 14 heteroatoms. The van der Waals surface area contributed by atoms with Crippen LogP contribution in [0, 0.1) is 0 Å². The first-order valence-electron chi connectivity index (χ1n) is 13.1. The molecule has 0 spiro atoms. The van der Waals surface area contributed by atoms with Crippen LogP contribution in [0.15, 0.2) is 65.7 Å². The van der Waals surface area contributed by atoms with Crippen molar-refractivity contribution >= 4 is 58.3 Å². The van der Waals surface area contributed by atoms with Gasteiger partial charge in [0.2, 0.25) is 5.91 Å². The molecule has 0 fully saturated rings. The lowest BCUT2D eigenvalue weighted by molar-refractivity contribution is -0.164. The van der Waals surface area contributed by atoms with Gasteiger partial charge < -0.3 is 41.6 Å². The number of amides is 2. The van der Waals surface area contributed by atoms with E-state index in [0.717, 1.165) is 12.7 Å². The number of aliphatic imine (C=N–C) groups is 1. The van der Waals surface area contributed by atoms with Crippen LogP contribution in [0.25, 0.3) is 11.1 Å². The largest absolute Gasteiger partial charge is 0.490 e. The highest BCUT2D eigenvalue weighted by Gasteiger charge is 2.40. The van der Waals surface area contributed by atoms with Gasteiger partial charge in [0, 0.05) is 13.0 Å². The van der Waals surface area contributed by atoms with Crippen LogP contribution >= 0.6 is 23.2 Å². The van der Waals surface area contributed by atoms with Crippen molar-refractivity contribution in [3.63, 3.8) is 0 Å². The van der Waals surface area contributed by atoms with Crippen LogP contribution in [0.1, 0.15) is 16.8 Å². The number of hydrogen-bond acceptors (Lipinski definition) is 8. The van der Waals surface area contributed by atoms with Crippen LogP contribution < -0.4 is 31.7 Å². The molecule has 1 unspecified atom stereocenters. The number of rotatable bonds is 10. The Bertz CT molecular complexity index is 1530. The molecule has 1 aliphatic heterocycles. The van der Waals surface area contributed by atoms with Crippen molar-refractivity contribution in [3.05, 3.63) is 76.3 Å². The second kappa shape index (κ2) is 13.6. The minimum absolute atomic E-state index is 0.00565. The summed E-state index contributed by atoms with van der Waals surface area (Å²) in [4.78, 5) is 44.4. The van der Waals surface area contributed by atoms with E-state index in [0.29, 0.717) is 35.8 Å². The molecule has 7 N–H and O–H groups in total. The fourth-order valence-electron chi connectivity index (χ4n) is 4.44. The van der Waals surface area contributed by atoms with Crippen molar-refractivity contribution in [2.45, 2.75) is 12.1 Å². The minimum Gasteiger partial charge on any atom is -0.490 e. The van der Waals surface area contributed by atoms with Crippen molar-refractivity contribution in [3.8, 4) is 16.9 Å². The number of anilines is 1. The predicted molar refractivity (Wildman–Crippen MR) is 164 cm³/mol. The Kier molecular flexibility index (Phi) is 9.96. The zero-order chi connectivity index (χ0) is 31.1. The topological polar surface area (TPSA) is 182 Å². The first kappa shape index (κ1) is 31.4. The van der Waals surface area contributed by atoms with Gasteiger partial charge in [-0.25, -0.2) is 9.79 Å². The van der Waals surface area contributed by atoms with E-state index in [1.54, 1.807) is 30.3 Å². The number of hydrogen-bond donors (Lipinski definition) is 5. The maximum atomic E-state index is 13.2. The van der Waals surface area contributed by atoms with Gasteiger partial charge in [-0.15, -0.1) is 0 Å². The number of nitrogens with zero attached hydrogens (tertiary/aromatic N) is 2. The molecular weight excluding hydrogens is 599 g/mol. The fourth-order valence-corrected chi connectivity index (χ4v) is 5.10. The van der Waals surface area contributed by atoms with Gasteiger partial charge in [0.15, 0.2) is 5.96 Å². The van der Waals surface area contributed by atoms with E-state index in [2.05, 4.69) is 20.4 Å². The fraction of sp³-hybridized carbons (Fsp3) is 0.241. The van der Waals surface area contributed by atoms with E-state index in [-0.39, 0.29) is 34.5 Å². The van der Waals surface area contributed by atoms with Gasteiger partial charge in [-0.2, -0.15) is 0 Å². The molecule has 1 aliphatic rings.